The number of nitrogens with zero attached hydrogens (tertiary/aromatic N) is 3. The molecule has 0 aliphatic carbocycles. The number of amidine groups is 1. The first-order chi connectivity index (χ1) is 20.5. The quantitative estimate of drug-likeness (QED) is 0.307. The lowest BCUT2D eigenvalue weighted by Crippen LogP contribution is -2.56. The maximum atomic E-state index is 14.6. The van der Waals surface area contributed by atoms with Crippen molar-refractivity contribution in [3.63, 3.8) is 0 Å². The van der Waals surface area contributed by atoms with Crippen molar-refractivity contribution in [1.29, 1.82) is 0 Å². The molecule has 3 aromatic carbocycles. The van der Waals surface area contributed by atoms with Gasteiger partial charge in [0, 0.05) is 16.6 Å². The van der Waals surface area contributed by atoms with Gasteiger partial charge in [0.05, 0.1) is 23.8 Å². The Kier molecular flexibility index (Phi) is 8.89. The molecule has 3 unspecified atom stereocenters. The Bertz CT molecular complexity index is 1530. The van der Waals surface area contributed by atoms with Gasteiger partial charge in [0.1, 0.15) is 23.7 Å². The molecule has 1 fully saturated rings. The Morgan fingerprint density at radius 1 is 0.977 bits per heavy atom. The van der Waals surface area contributed by atoms with Crippen LogP contribution in [0.1, 0.15) is 60.5 Å². The van der Waals surface area contributed by atoms with Crippen LogP contribution < -0.4 is 10.5 Å². The maximum Gasteiger partial charge on any atom is 0.416 e. The van der Waals surface area contributed by atoms with Crippen molar-refractivity contribution in [1.82, 2.24) is 9.80 Å². The summed E-state index contributed by atoms with van der Waals surface area (Å²) >= 11 is 12.4. The Balaban J connectivity index is 1.73. The molecule has 43 heavy (non-hydrogen) atoms. The van der Waals surface area contributed by atoms with Crippen molar-refractivity contribution in [2.75, 3.05) is 13.2 Å². The van der Waals surface area contributed by atoms with E-state index < -0.39 is 41.8 Å². The zero-order valence-corrected chi connectivity index (χ0v) is 24.7. The standard InChI is InChI=1S/C31H29Cl2F3N4O3/c1-2-43-25-17-20(31(34,35)36)10-15-23(25)29-38-26(18-6-11-21(32)12-7-18)27(19-8-13-22(33)14-9-19)40(29)30(42)39-16-4-3-5-24(39)28(37)41/h6-15,17,24,26-27H,2-5,16H2,1H3,(H2,37,41). The zero-order valence-electron chi connectivity index (χ0n) is 23.2. The summed E-state index contributed by atoms with van der Waals surface area (Å²) in [6, 6.07) is 14.2. The monoisotopic (exact) mass is 632 g/mol. The molecule has 12 heteroatoms. The number of urea groups is 1. The molecule has 1 saturated heterocycles. The number of benzene rings is 3. The van der Waals surface area contributed by atoms with Crippen molar-refractivity contribution in [2.24, 2.45) is 10.7 Å². The van der Waals surface area contributed by atoms with Gasteiger partial charge in [-0.2, -0.15) is 13.2 Å². The van der Waals surface area contributed by atoms with Gasteiger partial charge in [-0.3, -0.25) is 14.7 Å². The second-order valence-electron chi connectivity index (χ2n) is 10.3. The molecule has 5 rings (SSSR count). The minimum absolute atomic E-state index is 0.0760. The van der Waals surface area contributed by atoms with Crippen molar-refractivity contribution in [3.05, 3.63) is 99.0 Å². The van der Waals surface area contributed by atoms with E-state index in [0.29, 0.717) is 34.0 Å². The van der Waals surface area contributed by atoms with Crippen LogP contribution in [-0.4, -0.2) is 46.8 Å². The van der Waals surface area contributed by atoms with E-state index in [2.05, 4.69) is 0 Å². The highest BCUT2D eigenvalue weighted by molar-refractivity contribution is 6.30. The van der Waals surface area contributed by atoms with Crippen molar-refractivity contribution < 1.29 is 27.5 Å². The van der Waals surface area contributed by atoms with Crippen molar-refractivity contribution >= 4 is 41.0 Å². The van der Waals surface area contributed by atoms with Gasteiger partial charge in [-0.1, -0.05) is 47.5 Å². The second-order valence-corrected chi connectivity index (χ2v) is 11.2. The Labute approximate surface area is 257 Å². The number of likely N-dealkylation sites (tertiary alicyclic amines) is 1. The van der Waals surface area contributed by atoms with Crippen LogP contribution in [0.3, 0.4) is 0 Å². The van der Waals surface area contributed by atoms with Gasteiger partial charge < -0.3 is 15.4 Å². The molecule has 226 valence electrons. The van der Waals surface area contributed by atoms with E-state index in [4.69, 9.17) is 38.7 Å². The molecule has 0 saturated carbocycles. The number of halogens is 5. The van der Waals surface area contributed by atoms with Gasteiger partial charge in [0.25, 0.3) is 0 Å². The van der Waals surface area contributed by atoms with Crippen LogP contribution in [0.25, 0.3) is 0 Å². The molecule has 2 aliphatic heterocycles. The Morgan fingerprint density at radius 3 is 2.19 bits per heavy atom. The van der Waals surface area contributed by atoms with Crippen LogP contribution >= 0.6 is 23.2 Å². The zero-order chi connectivity index (χ0) is 30.9. The van der Waals surface area contributed by atoms with E-state index in [1.807, 2.05) is 0 Å². The summed E-state index contributed by atoms with van der Waals surface area (Å²) in [5.41, 5.74) is 6.41. The summed E-state index contributed by atoms with van der Waals surface area (Å²) < 4.78 is 46.8. The maximum absolute atomic E-state index is 14.6. The minimum Gasteiger partial charge on any atom is -0.493 e. The molecular weight excluding hydrogens is 604 g/mol. The third-order valence-corrected chi connectivity index (χ3v) is 8.13. The lowest BCUT2D eigenvalue weighted by atomic mass is 9.93. The van der Waals surface area contributed by atoms with Gasteiger partial charge >= 0.3 is 12.2 Å². The number of ether oxygens (including phenoxy) is 1. The summed E-state index contributed by atoms with van der Waals surface area (Å²) in [4.78, 5) is 34.9. The lowest BCUT2D eigenvalue weighted by molar-refractivity contribution is -0.137. The third kappa shape index (κ3) is 6.31. The van der Waals surface area contributed by atoms with E-state index in [0.717, 1.165) is 18.6 Å². The smallest absolute Gasteiger partial charge is 0.416 e. The number of hydrogen-bond acceptors (Lipinski definition) is 4. The number of nitrogens with two attached hydrogens (primary N) is 1. The SMILES string of the molecule is CCOc1cc(C(F)(F)F)ccc1C1=NC(c2ccc(Cl)cc2)C(c2ccc(Cl)cc2)N1C(=O)N1CCCCC1C(N)=O. The number of piperidine rings is 1. The first-order valence-corrected chi connectivity index (χ1v) is 14.6. The fourth-order valence-electron chi connectivity index (χ4n) is 5.61. The van der Waals surface area contributed by atoms with Crippen LogP contribution in [0.5, 0.6) is 5.75 Å². The van der Waals surface area contributed by atoms with Crippen LogP contribution in [0.2, 0.25) is 10.0 Å². The summed E-state index contributed by atoms with van der Waals surface area (Å²) in [6.07, 6.45) is -2.83. The number of carbonyl (C=O) groups excluding carboxylic acids is 2. The number of primary amides is 1. The highest BCUT2D eigenvalue weighted by Crippen LogP contribution is 2.46. The first-order valence-electron chi connectivity index (χ1n) is 13.8. The minimum atomic E-state index is -4.61. The average molecular weight is 633 g/mol. The molecule has 2 heterocycles. The van der Waals surface area contributed by atoms with Gasteiger partial charge in [0.2, 0.25) is 5.91 Å². The fourth-order valence-corrected chi connectivity index (χ4v) is 5.86. The average Bonchev–Trinajstić information content (AvgIpc) is 3.37. The normalized spacial score (nSPS) is 20.6. The van der Waals surface area contributed by atoms with Gasteiger partial charge in [-0.25, -0.2) is 4.79 Å². The molecule has 3 amide bonds. The number of aliphatic imine (C=N–C) groups is 1. The Morgan fingerprint density at radius 2 is 1.60 bits per heavy atom. The van der Waals surface area contributed by atoms with Crippen LogP contribution in [0.15, 0.2) is 71.7 Å². The number of amides is 3. The predicted molar refractivity (Wildman–Crippen MR) is 158 cm³/mol. The highest BCUT2D eigenvalue weighted by Gasteiger charge is 2.46. The van der Waals surface area contributed by atoms with Crippen LogP contribution in [0, 0.1) is 0 Å². The first kappa shape index (κ1) is 30.7. The summed E-state index contributed by atoms with van der Waals surface area (Å²) in [5, 5.41) is 0.982. The molecule has 2 N–H and O–H groups in total. The largest absolute Gasteiger partial charge is 0.493 e. The number of alkyl halides is 3. The summed E-state index contributed by atoms with van der Waals surface area (Å²) in [5.74, 6) is -0.603. The summed E-state index contributed by atoms with van der Waals surface area (Å²) in [6.45, 7) is 2.01. The summed E-state index contributed by atoms with van der Waals surface area (Å²) in [7, 11) is 0. The van der Waals surface area contributed by atoms with Gasteiger partial charge in [-0.05, 0) is 79.8 Å². The molecule has 2 aliphatic rings. The molecule has 7 nitrogen and oxygen atoms in total. The molecule has 3 aromatic rings. The van der Waals surface area contributed by atoms with Crippen LogP contribution in [-0.2, 0) is 11.0 Å². The van der Waals surface area contributed by atoms with E-state index in [9.17, 15) is 22.8 Å². The number of rotatable bonds is 6. The number of hydrogen-bond donors (Lipinski definition) is 1. The van der Waals surface area contributed by atoms with Gasteiger partial charge in [0.15, 0.2) is 0 Å². The molecule has 0 radical (unpaired) electrons. The lowest BCUT2D eigenvalue weighted by Gasteiger charge is -2.39. The van der Waals surface area contributed by atoms with E-state index >= 15 is 0 Å². The molecule has 0 spiro atoms. The van der Waals surface area contributed by atoms with Crippen LogP contribution in [0.4, 0.5) is 18.0 Å². The fraction of sp³-hybridized carbons (Fsp3) is 0.323. The van der Waals surface area contributed by atoms with Crippen molar-refractivity contribution in [3.8, 4) is 5.75 Å². The highest BCUT2D eigenvalue weighted by atomic mass is 35.5. The molecule has 0 aromatic heterocycles. The number of carbonyl (C=O) groups is 2. The van der Waals surface area contributed by atoms with E-state index in [-0.39, 0.29) is 30.3 Å². The predicted octanol–water partition coefficient (Wildman–Crippen LogP) is 7.42. The molecular formula is C31H29Cl2F3N4O3. The van der Waals surface area contributed by atoms with Gasteiger partial charge in [-0.15, -0.1) is 0 Å². The van der Waals surface area contributed by atoms with Crippen molar-refractivity contribution in [2.45, 2.75) is 50.5 Å². The topological polar surface area (TPSA) is 88.2 Å². The van der Waals surface area contributed by atoms with E-state index in [1.54, 1.807) is 55.5 Å². The van der Waals surface area contributed by atoms with E-state index in [1.165, 1.54) is 15.9 Å². The molecule has 0 bridgehead atoms. The molecule has 3 atom stereocenters. The Hall–Kier alpha value is -3.76. The third-order valence-electron chi connectivity index (χ3n) is 7.62. The second kappa shape index (κ2) is 12.5.